The van der Waals surface area contributed by atoms with Gasteiger partial charge in [-0.3, -0.25) is 4.79 Å². The number of carbonyl (C=O) groups is 1. The predicted molar refractivity (Wildman–Crippen MR) is 60.8 cm³/mol. The molecule has 0 bridgehead atoms. The van der Waals surface area contributed by atoms with Gasteiger partial charge in [-0.1, -0.05) is 0 Å². The second-order valence-electron chi connectivity index (χ2n) is 2.80. The van der Waals surface area contributed by atoms with Crippen LogP contribution in [0.15, 0.2) is 23.1 Å². The maximum absolute atomic E-state index is 11.1. The average Bonchev–Trinajstić information content (AvgIpc) is 2.16. The minimum Gasteiger partial charge on any atom is -0.493 e. The molecule has 0 atom stereocenters. The van der Waals surface area contributed by atoms with Crippen LogP contribution < -0.4 is 4.74 Å². The van der Waals surface area contributed by atoms with E-state index in [-0.39, 0.29) is 16.2 Å². The first-order valence-electron chi connectivity index (χ1n) is 4.27. The molecule has 0 saturated carbocycles. The zero-order valence-electron chi connectivity index (χ0n) is 8.24. The fourth-order valence-corrected chi connectivity index (χ4v) is 2.02. The van der Waals surface area contributed by atoms with E-state index >= 15 is 0 Å². The Hall–Kier alpha value is -0.780. The lowest BCUT2D eigenvalue weighted by Crippen LogP contribution is -2.01. The SMILES string of the molecule is CCOc1ccc(S(=O)(=O)Cl)cc1C(=O)Cl. The van der Waals surface area contributed by atoms with Crippen molar-refractivity contribution >= 4 is 36.6 Å². The van der Waals surface area contributed by atoms with E-state index in [4.69, 9.17) is 27.0 Å². The van der Waals surface area contributed by atoms with Gasteiger partial charge >= 0.3 is 0 Å². The summed E-state index contributed by atoms with van der Waals surface area (Å²) in [4.78, 5) is 10.9. The van der Waals surface area contributed by atoms with E-state index in [1.165, 1.54) is 12.1 Å². The molecule has 0 saturated heterocycles. The van der Waals surface area contributed by atoms with Gasteiger partial charge in [0.1, 0.15) is 5.75 Å². The zero-order chi connectivity index (χ0) is 12.3. The molecule has 88 valence electrons. The zero-order valence-corrected chi connectivity index (χ0v) is 10.6. The van der Waals surface area contributed by atoms with Crippen LogP contribution in [0.1, 0.15) is 17.3 Å². The molecule has 0 heterocycles. The van der Waals surface area contributed by atoms with Crippen molar-refractivity contribution in [2.75, 3.05) is 6.61 Å². The van der Waals surface area contributed by atoms with Crippen molar-refractivity contribution in [1.82, 2.24) is 0 Å². The molecule has 0 aliphatic carbocycles. The number of rotatable bonds is 4. The van der Waals surface area contributed by atoms with Gasteiger partial charge in [0, 0.05) is 10.7 Å². The highest BCUT2D eigenvalue weighted by molar-refractivity contribution is 8.13. The molecule has 1 aromatic rings. The Morgan fingerprint density at radius 2 is 2.06 bits per heavy atom. The largest absolute Gasteiger partial charge is 0.493 e. The summed E-state index contributed by atoms with van der Waals surface area (Å²) in [7, 11) is 1.26. The number of benzene rings is 1. The van der Waals surface area contributed by atoms with Gasteiger partial charge < -0.3 is 4.74 Å². The summed E-state index contributed by atoms with van der Waals surface area (Å²) >= 11 is 5.31. The van der Waals surface area contributed by atoms with Crippen LogP contribution in [0.3, 0.4) is 0 Å². The lowest BCUT2D eigenvalue weighted by atomic mass is 10.2. The van der Waals surface area contributed by atoms with Crippen LogP contribution in [-0.4, -0.2) is 20.3 Å². The van der Waals surface area contributed by atoms with Crippen LogP contribution >= 0.6 is 22.3 Å². The van der Waals surface area contributed by atoms with Crippen molar-refractivity contribution < 1.29 is 17.9 Å². The topological polar surface area (TPSA) is 60.4 Å². The third-order valence-corrected chi connectivity index (χ3v) is 3.30. The van der Waals surface area contributed by atoms with Crippen molar-refractivity contribution in [3.63, 3.8) is 0 Å². The molecular formula is C9H8Cl2O4S. The molecule has 1 rings (SSSR count). The summed E-state index contributed by atoms with van der Waals surface area (Å²) in [5, 5.41) is -0.800. The van der Waals surface area contributed by atoms with Crippen molar-refractivity contribution in [1.29, 1.82) is 0 Å². The van der Waals surface area contributed by atoms with Crippen molar-refractivity contribution in [3.05, 3.63) is 23.8 Å². The van der Waals surface area contributed by atoms with Crippen molar-refractivity contribution in [2.45, 2.75) is 11.8 Å². The first kappa shape index (κ1) is 13.3. The molecule has 0 spiro atoms. The second-order valence-corrected chi connectivity index (χ2v) is 5.71. The van der Waals surface area contributed by atoms with E-state index in [0.29, 0.717) is 6.61 Å². The van der Waals surface area contributed by atoms with Crippen LogP contribution in [0.25, 0.3) is 0 Å². The Morgan fingerprint density at radius 3 is 2.50 bits per heavy atom. The maximum Gasteiger partial charge on any atom is 0.261 e. The molecule has 4 nitrogen and oxygen atoms in total. The third-order valence-electron chi connectivity index (χ3n) is 1.74. The Balaban J connectivity index is 3.34. The van der Waals surface area contributed by atoms with Crippen LogP contribution in [-0.2, 0) is 9.05 Å². The summed E-state index contributed by atoms with van der Waals surface area (Å²) in [5.41, 5.74) is -0.0229. The van der Waals surface area contributed by atoms with Crippen LogP contribution in [0.2, 0.25) is 0 Å². The van der Waals surface area contributed by atoms with Crippen LogP contribution in [0.5, 0.6) is 5.75 Å². The minimum absolute atomic E-state index is 0.0229. The monoisotopic (exact) mass is 282 g/mol. The Kier molecular flexibility index (Phi) is 4.18. The Bertz CT molecular complexity index is 510. The van der Waals surface area contributed by atoms with Crippen LogP contribution in [0.4, 0.5) is 0 Å². The fraction of sp³-hybridized carbons (Fsp3) is 0.222. The van der Waals surface area contributed by atoms with Crippen molar-refractivity contribution in [2.24, 2.45) is 0 Å². The molecule has 0 aromatic heterocycles. The summed E-state index contributed by atoms with van der Waals surface area (Å²) in [6.07, 6.45) is 0. The van der Waals surface area contributed by atoms with Gasteiger partial charge in [-0.05, 0) is 36.7 Å². The smallest absolute Gasteiger partial charge is 0.261 e. The third kappa shape index (κ3) is 3.10. The van der Waals surface area contributed by atoms with E-state index in [2.05, 4.69) is 0 Å². The molecular weight excluding hydrogens is 275 g/mol. The summed E-state index contributed by atoms with van der Waals surface area (Å²) in [6, 6.07) is 3.67. The minimum atomic E-state index is -3.88. The highest BCUT2D eigenvalue weighted by Crippen LogP contribution is 2.25. The normalized spacial score (nSPS) is 11.2. The average molecular weight is 283 g/mol. The Morgan fingerprint density at radius 1 is 1.44 bits per heavy atom. The van der Waals surface area contributed by atoms with E-state index < -0.39 is 14.3 Å². The molecule has 0 amide bonds. The molecule has 0 unspecified atom stereocenters. The first-order chi connectivity index (χ1) is 7.36. The maximum atomic E-state index is 11.1. The number of halogens is 2. The molecule has 0 aliphatic rings. The van der Waals surface area contributed by atoms with Gasteiger partial charge in [0.25, 0.3) is 14.3 Å². The lowest BCUT2D eigenvalue weighted by Gasteiger charge is -2.07. The molecule has 0 radical (unpaired) electrons. The molecule has 1 aromatic carbocycles. The highest BCUT2D eigenvalue weighted by atomic mass is 35.7. The predicted octanol–water partition coefficient (Wildman–Crippen LogP) is 2.39. The molecule has 7 heteroatoms. The first-order valence-corrected chi connectivity index (χ1v) is 6.96. The van der Waals surface area contributed by atoms with Gasteiger partial charge in [0.05, 0.1) is 17.1 Å². The van der Waals surface area contributed by atoms with E-state index in [9.17, 15) is 13.2 Å². The number of carbonyl (C=O) groups excluding carboxylic acids is 1. The summed E-state index contributed by atoms with van der Waals surface area (Å²) < 4.78 is 27.2. The molecule has 0 aliphatic heterocycles. The molecule has 16 heavy (non-hydrogen) atoms. The van der Waals surface area contributed by atoms with Gasteiger partial charge in [-0.15, -0.1) is 0 Å². The van der Waals surface area contributed by atoms with E-state index in [1.54, 1.807) is 6.92 Å². The standard InChI is InChI=1S/C9H8Cl2O4S/c1-2-15-8-4-3-6(16(11,13)14)5-7(8)9(10)12/h3-5H,2H2,1H3. The highest BCUT2D eigenvalue weighted by Gasteiger charge is 2.16. The van der Waals surface area contributed by atoms with Gasteiger partial charge in [-0.2, -0.15) is 0 Å². The number of hydrogen-bond donors (Lipinski definition) is 0. The summed E-state index contributed by atoms with van der Waals surface area (Å²) in [6.45, 7) is 2.07. The van der Waals surface area contributed by atoms with Gasteiger partial charge in [0.2, 0.25) is 0 Å². The van der Waals surface area contributed by atoms with Crippen molar-refractivity contribution in [3.8, 4) is 5.75 Å². The van der Waals surface area contributed by atoms with E-state index in [0.717, 1.165) is 6.07 Å². The van der Waals surface area contributed by atoms with E-state index in [1.807, 2.05) is 0 Å². The van der Waals surface area contributed by atoms with Gasteiger partial charge in [-0.25, -0.2) is 8.42 Å². The number of hydrogen-bond acceptors (Lipinski definition) is 4. The Labute approximate surface area is 103 Å². The molecule has 0 N–H and O–H groups in total. The summed E-state index contributed by atoms with van der Waals surface area (Å²) in [5.74, 6) is 0.228. The van der Waals surface area contributed by atoms with Crippen LogP contribution in [0, 0.1) is 0 Å². The lowest BCUT2D eigenvalue weighted by molar-refractivity contribution is 0.107. The second kappa shape index (κ2) is 5.03. The van der Waals surface area contributed by atoms with Gasteiger partial charge in [0.15, 0.2) is 0 Å². The fourth-order valence-electron chi connectivity index (χ4n) is 1.10. The molecule has 0 fully saturated rings. The quantitative estimate of drug-likeness (QED) is 0.796. The number of ether oxygens (including phenoxy) is 1.